The molecule has 0 unspecified atom stereocenters. The zero-order valence-electron chi connectivity index (χ0n) is 4.43. The monoisotopic (exact) mass is 242 g/mol. The van der Waals surface area contributed by atoms with Crippen LogP contribution in [0, 0.1) is 0 Å². The zero-order valence-corrected chi connectivity index (χ0v) is 10.3. The Kier molecular flexibility index (Phi) is 3180. The van der Waals surface area contributed by atoms with Crippen LogP contribution in [0.4, 0.5) is 0 Å². The molecule has 0 amide bonds. The van der Waals surface area contributed by atoms with Gasteiger partial charge in [0.05, 0.1) is 0 Å². The van der Waals surface area contributed by atoms with Crippen LogP contribution in [0.25, 0.3) is 0 Å². The molecule has 0 aromatic heterocycles. The van der Waals surface area contributed by atoms with Crippen molar-refractivity contribution in [1.29, 1.82) is 0 Å². The van der Waals surface area contributed by atoms with Gasteiger partial charge in [0, 0.05) is 0 Å². The summed E-state index contributed by atoms with van der Waals surface area (Å²) in [5.74, 6) is 0. The van der Waals surface area contributed by atoms with Gasteiger partial charge in [0.15, 0.2) is 0 Å². The Labute approximate surface area is 111 Å². The Balaban J connectivity index is 0. The van der Waals surface area contributed by atoms with Crippen molar-refractivity contribution in [3.63, 3.8) is 0 Å². The number of halogens is 4. The Morgan fingerprint density at radius 2 is 0.333 bits per heavy atom. The standard InChI is InChI=1S/4ClH.2Mg.3H2O/h4*1H;;;3*1H2/q;;;;2*+2;;;/p-4. The first-order valence-electron chi connectivity index (χ1n) is 0. The van der Waals surface area contributed by atoms with E-state index in [4.69, 9.17) is 0 Å². The Hall–Kier alpha value is 2.57. The first-order valence-corrected chi connectivity index (χ1v) is 0. The molecule has 0 fully saturated rings. The molecule has 9 heavy (non-hydrogen) atoms. The van der Waals surface area contributed by atoms with Crippen LogP contribution in [0.1, 0.15) is 0 Å². The summed E-state index contributed by atoms with van der Waals surface area (Å²) >= 11 is 0. The molecule has 0 aromatic carbocycles. The second-order valence-electron chi connectivity index (χ2n) is 0. The first kappa shape index (κ1) is 195. The second-order valence-corrected chi connectivity index (χ2v) is 0. The van der Waals surface area contributed by atoms with E-state index in [9.17, 15) is 0 Å². The van der Waals surface area contributed by atoms with E-state index >= 15 is 0 Å². The maximum atomic E-state index is 0. The van der Waals surface area contributed by atoms with E-state index in [0.29, 0.717) is 0 Å². The molecule has 0 radical (unpaired) electrons. The quantitative estimate of drug-likeness (QED) is 0.378. The van der Waals surface area contributed by atoms with Crippen molar-refractivity contribution >= 4 is 46.1 Å². The summed E-state index contributed by atoms with van der Waals surface area (Å²) in [6.45, 7) is 0. The molecule has 6 N–H and O–H groups in total. The summed E-state index contributed by atoms with van der Waals surface area (Å²) in [6.07, 6.45) is 0. The van der Waals surface area contributed by atoms with Crippen LogP contribution in [0.15, 0.2) is 0 Å². The van der Waals surface area contributed by atoms with Crippen molar-refractivity contribution < 1.29 is 66.1 Å². The number of rotatable bonds is 0. The molecule has 0 rings (SSSR count). The van der Waals surface area contributed by atoms with E-state index < -0.39 is 0 Å². The molecule has 0 aliphatic carbocycles. The van der Waals surface area contributed by atoms with Crippen molar-refractivity contribution in [2.24, 2.45) is 0 Å². The molecular weight excluding hydrogens is 238 g/mol. The van der Waals surface area contributed by atoms with Crippen LogP contribution in [0.5, 0.6) is 0 Å². The van der Waals surface area contributed by atoms with E-state index in [1.165, 1.54) is 0 Å². The Morgan fingerprint density at radius 1 is 0.333 bits per heavy atom. The van der Waals surface area contributed by atoms with Crippen molar-refractivity contribution in [2.75, 3.05) is 0 Å². The average molecular weight is 244 g/mol. The fourth-order valence-electron chi connectivity index (χ4n) is 0. The first-order chi connectivity index (χ1) is 0. The molecule has 0 atom stereocenters. The molecule has 0 aliphatic heterocycles. The topological polar surface area (TPSA) is 94.5 Å². The van der Waals surface area contributed by atoms with Gasteiger partial charge in [-0.15, -0.1) is 0 Å². The van der Waals surface area contributed by atoms with Crippen LogP contribution in [0.3, 0.4) is 0 Å². The maximum absolute atomic E-state index is 0. The van der Waals surface area contributed by atoms with Crippen molar-refractivity contribution in [3.05, 3.63) is 0 Å². The molecule has 0 saturated heterocycles. The van der Waals surface area contributed by atoms with Crippen LogP contribution in [-0.4, -0.2) is 62.5 Å². The smallest absolute Gasteiger partial charge is 1.00 e. The summed E-state index contributed by atoms with van der Waals surface area (Å²) in [5, 5.41) is 0. The summed E-state index contributed by atoms with van der Waals surface area (Å²) in [4.78, 5) is 0. The molecule has 0 saturated carbocycles. The molecule has 0 aliphatic rings. The van der Waals surface area contributed by atoms with E-state index in [-0.39, 0.29) is 112 Å². The molecule has 0 bridgehead atoms. The van der Waals surface area contributed by atoms with Gasteiger partial charge < -0.3 is 66.1 Å². The van der Waals surface area contributed by atoms with Gasteiger partial charge in [-0.05, 0) is 0 Å². The Morgan fingerprint density at radius 3 is 0.333 bits per heavy atom. The molecule has 0 heterocycles. The average Bonchev–Trinajstić information content (AvgIpc) is 0. The molecule has 0 spiro atoms. The van der Waals surface area contributed by atoms with Gasteiger partial charge in [0.2, 0.25) is 0 Å². The minimum Gasteiger partial charge on any atom is -1.00 e. The maximum Gasteiger partial charge on any atom is 2.00 e. The number of hydrogen-bond donors (Lipinski definition) is 0. The summed E-state index contributed by atoms with van der Waals surface area (Å²) in [5.41, 5.74) is 0. The normalized spacial score (nSPS) is 0. The fraction of sp³-hybridized carbons (Fsp3) is 0. The van der Waals surface area contributed by atoms with Gasteiger partial charge >= 0.3 is 46.1 Å². The molecule has 56 valence electrons. The third-order valence-corrected chi connectivity index (χ3v) is 0. The van der Waals surface area contributed by atoms with Crippen LogP contribution in [0.2, 0.25) is 0 Å². The van der Waals surface area contributed by atoms with Gasteiger partial charge in [-0.3, -0.25) is 0 Å². The minimum atomic E-state index is 0. The third kappa shape index (κ3) is 117. The molecule has 9 heteroatoms. The second kappa shape index (κ2) is 146. The van der Waals surface area contributed by atoms with Crippen molar-refractivity contribution in [2.45, 2.75) is 0 Å². The van der Waals surface area contributed by atoms with Gasteiger partial charge in [-0.25, -0.2) is 0 Å². The van der Waals surface area contributed by atoms with Gasteiger partial charge in [-0.2, -0.15) is 0 Å². The predicted octanol–water partition coefficient (Wildman–Crippen LogP) is -15.2. The van der Waals surface area contributed by atoms with Gasteiger partial charge in [-0.1, -0.05) is 0 Å². The number of hydrogen-bond acceptors (Lipinski definition) is 0. The minimum absolute atomic E-state index is 0. The third-order valence-electron chi connectivity index (χ3n) is 0. The van der Waals surface area contributed by atoms with E-state index in [1.54, 1.807) is 0 Å². The van der Waals surface area contributed by atoms with E-state index in [1.807, 2.05) is 0 Å². The van der Waals surface area contributed by atoms with Crippen molar-refractivity contribution in [1.82, 2.24) is 0 Å². The largest absolute Gasteiger partial charge is 2.00 e. The SMILES string of the molecule is O.O.O.[Cl-].[Cl-].[Cl-].[Cl-].[Mg+2].[Mg+2]. The van der Waals surface area contributed by atoms with E-state index in [0.717, 1.165) is 0 Å². The summed E-state index contributed by atoms with van der Waals surface area (Å²) in [7, 11) is 0. The predicted molar refractivity (Wildman–Crippen MR) is 22.3 cm³/mol. The van der Waals surface area contributed by atoms with Crippen LogP contribution >= 0.6 is 0 Å². The van der Waals surface area contributed by atoms with Crippen LogP contribution < -0.4 is 49.6 Å². The molecule has 3 nitrogen and oxygen atoms in total. The van der Waals surface area contributed by atoms with Crippen LogP contribution in [-0.2, 0) is 0 Å². The molecule has 0 aromatic rings. The van der Waals surface area contributed by atoms with Crippen molar-refractivity contribution in [3.8, 4) is 0 Å². The van der Waals surface area contributed by atoms with E-state index in [2.05, 4.69) is 0 Å². The zero-order chi connectivity index (χ0) is 0. The summed E-state index contributed by atoms with van der Waals surface area (Å²) in [6, 6.07) is 0. The summed E-state index contributed by atoms with van der Waals surface area (Å²) < 4.78 is 0. The van der Waals surface area contributed by atoms with Gasteiger partial charge in [0.25, 0.3) is 0 Å². The van der Waals surface area contributed by atoms with Gasteiger partial charge in [0.1, 0.15) is 0 Å². The Bertz CT molecular complexity index is 13.8. The molecular formula is H6Cl4Mg2O3. The fourth-order valence-corrected chi connectivity index (χ4v) is 0.